The smallest absolute Gasteiger partial charge is 0.221 e. The Balaban J connectivity index is 2.13. The zero-order chi connectivity index (χ0) is 13.2. The summed E-state index contributed by atoms with van der Waals surface area (Å²) in [6, 6.07) is 9.50. The number of carbonyl (C=O) groups is 1. The molecule has 0 bridgehead atoms. The van der Waals surface area contributed by atoms with Crippen LogP contribution in [0.5, 0.6) is 0 Å². The SMILES string of the molecule is CCCNC(=O)CCNCC(O)c1ccccc1. The van der Waals surface area contributed by atoms with Crippen molar-refractivity contribution in [2.75, 3.05) is 19.6 Å². The second kappa shape index (κ2) is 8.66. The lowest BCUT2D eigenvalue weighted by molar-refractivity contribution is -0.121. The summed E-state index contributed by atoms with van der Waals surface area (Å²) in [5, 5.41) is 15.8. The zero-order valence-electron chi connectivity index (χ0n) is 10.9. The molecule has 0 aliphatic carbocycles. The summed E-state index contributed by atoms with van der Waals surface area (Å²) in [6.07, 6.45) is 0.873. The van der Waals surface area contributed by atoms with Crippen LogP contribution < -0.4 is 10.6 Å². The van der Waals surface area contributed by atoms with Crippen molar-refractivity contribution in [3.8, 4) is 0 Å². The summed E-state index contributed by atoms with van der Waals surface area (Å²) in [6.45, 7) is 3.80. The Morgan fingerprint density at radius 3 is 2.67 bits per heavy atom. The fraction of sp³-hybridized carbons (Fsp3) is 0.500. The first kappa shape index (κ1) is 14.7. The predicted molar refractivity (Wildman–Crippen MR) is 72.2 cm³/mol. The summed E-state index contributed by atoms with van der Waals surface area (Å²) < 4.78 is 0. The highest BCUT2D eigenvalue weighted by atomic mass is 16.3. The van der Waals surface area contributed by atoms with E-state index in [1.807, 2.05) is 37.3 Å². The van der Waals surface area contributed by atoms with Crippen LogP contribution in [0.25, 0.3) is 0 Å². The average Bonchev–Trinajstić information content (AvgIpc) is 2.42. The molecular weight excluding hydrogens is 228 g/mol. The summed E-state index contributed by atoms with van der Waals surface area (Å²) >= 11 is 0. The molecule has 3 N–H and O–H groups in total. The molecule has 0 aliphatic rings. The summed E-state index contributed by atoms with van der Waals surface area (Å²) in [5.74, 6) is 0.0542. The van der Waals surface area contributed by atoms with Gasteiger partial charge in [0.15, 0.2) is 0 Å². The van der Waals surface area contributed by atoms with Crippen molar-refractivity contribution in [1.82, 2.24) is 10.6 Å². The third-order valence-electron chi connectivity index (χ3n) is 2.62. The molecule has 1 unspecified atom stereocenters. The van der Waals surface area contributed by atoms with E-state index < -0.39 is 6.10 Å². The van der Waals surface area contributed by atoms with Crippen LogP contribution in [0.2, 0.25) is 0 Å². The van der Waals surface area contributed by atoms with Crippen molar-refractivity contribution in [3.05, 3.63) is 35.9 Å². The molecule has 0 aromatic heterocycles. The van der Waals surface area contributed by atoms with Gasteiger partial charge in [0.1, 0.15) is 0 Å². The van der Waals surface area contributed by atoms with Gasteiger partial charge in [-0.2, -0.15) is 0 Å². The third kappa shape index (κ3) is 5.80. The Morgan fingerprint density at radius 1 is 1.28 bits per heavy atom. The Labute approximate surface area is 108 Å². The minimum absolute atomic E-state index is 0.0542. The van der Waals surface area contributed by atoms with Crippen LogP contribution in [0.4, 0.5) is 0 Å². The maximum atomic E-state index is 11.3. The second-order valence-electron chi connectivity index (χ2n) is 4.23. The van der Waals surface area contributed by atoms with Gasteiger partial charge in [-0.25, -0.2) is 0 Å². The minimum Gasteiger partial charge on any atom is -0.387 e. The molecule has 0 aliphatic heterocycles. The van der Waals surface area contributed by atoms with Crippen LogP contribution in [0.15, 0.2) is 30.3 Å². The highest BCUT2D eigenvalue weighted by Crippen LogP contribution is 2.10. The Hall–Kier alpha value is -1.39. The summed E-state index contributed by atoms with van der Waals surface area (Å²) in [5.41, 5.74) is 0.889. The number of rotatable bonds is 8. The molecule has 0 heterocycles. The van der Waals surface area contributed by atoms with Crippen molar-refractivity contribution in [1.29, 1.82) is 0 Å². The van der Waals surface area contributed by atoms with E-state index in [0.717, 1.165) is 18.5 Å². The van der Waals surface area contributed by atoms with E-state index in [9.17, 15) is 9.90 Å². The van der Waals surface area contributed by atoms with Crippen molar-refractivity contribution in [2.24, 2.45) is 0 Å². The second-order valence-corrected chi connectivity index (χ2v) is 4.23. The van der Waals surface area contributed by atoms with E-state index in [4.69, 9.17) is 0 Å². The van der Waals surface area contributed by atoms with E-state index in [1.54, 1.807) is 0 Å². The lowest BCUT2D eigenvalue weighted by Crippen LogP contribution is -2.29. The maximum Gasteiger partial charge on any atom is 0.221 e. The first-order chi connectivity index (χ1) is 8.74. The number of hydrogen-bond donors (Lipinski definition) is 3. The van der Waals surface area contributed by atoms with Crippen LogP contribution in [-0.4, -0.2) is 30.6 Å². The van der Waals surface area contributed by atoms with E-state index in [0.29, 0.717) is 19.5 Å². The van der Waals surface area contributed by atoms with Gasteiger partial charge in [-0.3, -0.25) is 4.79 Å². The van der Waals surface area contributed by atoms with Crippen LogP contribution in [0, 0.1) is 0 Å². The molecule has 0 radical (unpaired) electrons. The molecule has 0 saturated carbocycles. The molecule has 0 fully saturated rings. The van der Waals surface area contributed by atoms with E-state index in [2.05, 4.69) is 10.6 Å². The van der Waals surface area contributed by atoms with Crippen LogP contribution in [0.3, 0.4) is 0 Å². The van der Waals surface area contributed by atoms with E-state index >= 15 is 0 Å². The largest absolute Gasteiger partial charge is 0.387 e. The number of amides is 1. The minimum atomic E-state index is -0.523. The molecule has 1 rings (SSSR count). The molecule has 0 spiro atoms. The number of aliphatic hydroxyl groups is 1. The molecule has 1 aromatic carbocycles. The van der Waals surface area contributed by atoms with Gasteiger partial charge in [-0.1, -0.05) is 37.3 Å². The zero-order valence-corrected chi connectivity index (χ0v) is 10.9. The molecule has 4 heteroatoms. The Morgan fingerprint density at radius 2 is 2.00 bits per heavy atom. The molecule has 18 heavy (non-hydrogen) atoms. The van der Waals surface area contributed by atoms with Gasteiger partial charge in [0.2, 0.25) is 5.91 Å². The van der Waals surface area contributed by atoms with Crippen LogP contribution >= 0.6 is 0 Å². The topological polar surface area (TPSA) is 61.4 Å². The average molecular weight is 250 g/mol. The van der Waals surface area contributed by atoms with E-state index in [1.165, 1.54) is 0 Å². The fourth-order valence-corrected chi connectivity index (χ4v) is 1.59. The number of nitrogens with one attached hydrogen (secondary N) is 2. The van der Waals surface area contributed by atoms with Gasteiger partial charge in [-0.05, 0) is 12.0 Å². The lowest BCUT2D eigenvalue weighted by atomic mass is 10.1. The van der Waals surface area contributed by atoms with Crippen LogP contribution in [0.1, 0.15) is 31.4 Å². The van der Waals surface area contributed by atoms with Gasteiger partial charge in [0.05, 0.1) is 6.10 Å². The summed E-state index contributed by atoms with van der Waals surface area (Å²) in [7, 11) is 0. The number of carbonyl (C=O) groups excluding carboxylic acids is 1. The molecule has 1 aromatic rings. The summed E-state index contributed by atoms with van der Waals surface area (Å²) in [4.78, 5) is 11.3. The maximum absolute atomic E-state index is 11.3. The number of aliphatic hydroxyl groups excluding tert-OH is 1. The molecule has 1 atom stereocenters. The third-order valence-corrected chi connectivity index (χ3v) is 2.62. The van der Waals surface area contributed by atoms with E-state index in [-0.39, 0.29) is 5.91 Å². The highest BCUT2D eigenvalue weighted by Gasteiger charge is 2.06. The number of hydrogen-bond acceptors (Lipinski definition) is 3. The monoisotopic (exact) mass is 250 g/mol. The van der Waals surface area contributed by atoms with Gasteiger partial charge < -0.3 is 15.7 Å². The van der Waals surface area contributed by atoms with Gasteiger partial charge in [0.25, 0.3) is 0 Å². The fourth-order valence-electron chi connectivity index (χ4n) is 1.59. The predicted octanol–water partition coefficient (Wildman–Crippen LogP) is 1.23. The number of benzene rings is 1. The van der Waals surface area contributed by atoms with Gasteiger partial charge >= 0.3 is 0 Å². The molecule has 4 nitrogen and oxygen atoms in total. The van der Waals surface area contributed by atoms with Crippen molar-refractivity contribution < 1.29 is 9.90 Å². The normalized spacial score (nSPS) is 12.1. The standard InChI is InChI=1S/C14H22N2O2/c1-2-9-16-14(18)8-10-15-11-13(17)12-6-4-3-5-7-12/h3-7,13,15,17H,2,8-11H2,1H3,(H,16,18). The molecule has 0 saturated heterocycles. The first-order valence-electron chi connectivity index (χ1n) is 6.44. The Bertz CT molecular complexity index is 341. The van der Waals surface area contributed by atoms with Gasteiger partial charge in [0, 0.05) is 26.1 Å². The van der Waals surface area contributed by atoms with Crippen molar-refractivity contribution >= 4 is 5.91 Å². The highest BCUT2D eigenvalue weighted by molar-refractivity contribution is 5.75. The van der Waals surface area contributed by atoms with Crippen molar-refractivity contribution in [2.45, 2.75) is 25.9 Å². The lowest BCUT2D eigenvalue weighted by Gasteiger charge is -2.12. The van der Waals surface area contributed by atoms with Crippen molar-refractivity contribution in [3.63, 3.8) is 0 Å². The van der Waals surface area contributed by atoms with Crippen LogP contribution in [-0.2, 0) is 4.79 Å². The molecular formula is C14H22N2O2. The molecule has 1 amide bonds. The first-order valence-corrected chi connectivity index (χ1v) is 6.44. The quantitative estimate of drug-likeness (QED) is 0.608. The Kier molecular flexibility index (Phi) is 7.06. The molecule has 100 valence electrons. The van der Waals surface area contributed by atoms with Gasteiger partial charge in [-0.15, -0.1) is 0 Å².